The lowest BCUT2D eigenvalue weighted by molar-refractivity contribution is 0.316. The standard InChI is InChI=1S/C19H22N2O2S/c1-3-21(4-2)12-11-20-14-9-10-15(22)19-17(14)18(23)13-7-5-6-8-16(13)24-19/h5-10,20,22H,3-4,11-12H2,1-2H3. The molecule has 0 unspecified atom stereocenters. The first kappa shape index (κ1) is 16.7. The summed E-state index contributed by atoms with van der Waals surface area (Å²) >= 11 is 1.45. The van der Waals surface area contributed by atoms with Crippen LogP contribution in [0.5, 0.6) is 5.75 Å². The molecule has 1 aromatic heterocycles. The predicted octanol–water partition coefficient (Wildman–Crippen LogP) is 3.87. The van der Waals surface area contributed by atoms with Gasteiger partial charge in [0.2, 0.25) is 0 Å². The topological polar surface area (TPSA) is 52.6 Å². The molecule has 0 amide bonds. The van der Waals surface area contributed by atoms with Crippen LogP contribution in [0.15, 0.2) is 41.2 Å². The lowest BCUT2D eigenvalue weighted by atomic mass is 10.1. The molecule has 0 saturated heterocycles. The Balaban J connectivity index is 2.04. The smallest absolute Gasteiger partial charge is 0.198 e. The van der Waals surface area contributed by atoms with Gasteiger partial charge in [-0.3, -0.25) is 4.79 Å². The van der Waals surface area contributed by atoms with Gasteiger partial charge in [0.1, 0.15) is 5.75 Å². The molecule has 3 aromatic rings. The monoisotopic (exact) mass is 342 g/mol. The van der Waals surface area contributed by atoms with Gasteiger partial charge < -0.3 is 15.3 Å². The Hall–Kier alpha value is -2.11. The van der Waals surface area contributed by atoms with Gasteiger partial charge >= 0.3 is 0 Å². The van der Waals surface area contributed by atoms with E-state index in [-0.39, 0.29) is 11.2 Å². The van der Waals surface area contributed by atoms with Gasteiger partial charge in [0.05, 0.1) is 10.1 Å². The highest BCUT2D eigenvalue weighted by molar-refractivity contribution is 7.25. The molecule has 2 aromatic carbocycles. The van der Waals surface area contributed by atoms with Crippen LogP contribution < -0.4 is 10.7 Å². The molecule has 0 atom stereocenters. The van der Waals surface area contributed by atoms with Crippen LogP contribution in [-0.2, 0) is 0 Å². The number of rotatable bonds is 6. The molecular formula is C19H22N2O2S. The van der Waals surface area contributed by atoms with E-state index in [1.54, 1.807) is 12.1 Å². The van der Waals surface area contributed by atoms with Crippen LogP contribution in [0.25, 0.3) is 20.2 Å². The molecule has 24 heavy (non-hydrogen) atoms. The van der Waals surface area contributed by atoms with E-state index in [9.17, 15) is 9.90 Å². The molecule has 0 spiro atoms. The highest BCUT2D eigenvalue weighted by atomic mass is 32.1. The van der Waals surface area contributed by atoms with Gasteiger partial charge in [-0.15, -0.1) is 11.3 Å². The number of phenolic OH excluding ortho intramolecular Hbond substituents is 1. The minimum absolute atomic E-state index is 0.0272. The van der Waals surface area contributed by atoms with Crippen molar-refractivity contribution < 1.29 is 5.11 Å². The number of phenols is 1. The van der Waals surface area contributed by atoms with Crippen molar-refractivity contribution in [2.75, 3.05) is 31.5 Å². The number of hydrogen-bond acceptors (Lipinski definition) is 5. The molecule has 0 saturated carbocycles. The van der Waals surface area contributed by atoms with Gasteiger partial charge in [-0.25, -0.2) is 0 Å². The summed E-state index contributed by atoms with van der Waals surface area (Å²) in [6.07, 6.45) is 0. The van der Waals surface area contributed by atoms with E-state index in [1.165, 1.54) is 11.3 Å². The van der Waals surface area contributed by atoms with Crippen LogP contribution in [0.3, 0.4) is 0 Å². The van der Waals surface area contributed by atoms with Crippen LogP contribution in [0, 0.1) is 0 Å². The van der Waals surface area contributed by atoms with Crippen molar-refractivity contribution in [3.8, 4) is 5.75 Å². The number of hydrogen-bond donors (Lipinski definition) is 2. The molecule has 0 aliphatic heterocycles. The number of nitrogens with zero attached hydrogens (tertiary/aromatic N) is 1. The molecule has 0 fully saturated rings. The van der Waals surface area contributed by atoms with Crippen molar-refractivity contribution in [2.45, 2.75) is 13.8 Å². The Morgan fingerprint density at radius 2 is 1.88 bits per heavy atom. The third kappa shape index (κ3) is 3.09. The molecule has 0 radical (unpaired) electrons. The summed E-state index contributed by atoms with van der Waals surface area (Å²) in [6.45, 7) is 7.98. The highest BCUT2D eigenvalue weighted by Gasteiger charge is 2.13. The number of benzene rings is 2. The number of likely N-dealkylation sites (N-methyl/N-ethyl adjacent to an activating group) is 1. The van der Waals surface area contributed by atoms with Crippen LogP contribution >= 0.6 is 11.3 Å². The lowest BCUT2D eigenvalue weighted by Crippen LogP contribution is -2.28. The van der Waals surface area contributed by atoms with Gasteiger partial charge in [-0.2, -0.15) is 0 Å². The molecule has 2 N–H and O–H groups in total. The first-order chi connectivity index (χ1) is 11.7. The summed E-state index contributed by atoms with van der Waals surface area (Å²) in [4.78, 5) is 15.2. The molecule has 0 bridgehead atoms. The lowest BCUT2D eigenvalue weighted by Gasteiger charge is -2.19. The van der Waals surface area contributed by atoms with Crippen LogP contribution in [0.4, 0.5) is 5.69 Å². The van der Waals surface area contributed by atoms with Gasteiger partial charge in [0, 0.05) is 28.9 Å². The van der Waals surface area contributed by atoms with Crippen molar-refractivity contribution in [3.05, 3.63) is 46.6 Å². The zero-order valence-corrected chi connectivity index (χ0v) is 14.8. The zero-order valence-electron chi connectivity index (χ0n) is 14.0. The summed E-state index contributed by atoms with van der Waals surface area (Å²) in [6, 6.07) is 11.0. The minimum Gasteiger partial charge on any atom is -0.506 e. The summed E-state index contributed by atoms with van der Waals surface area (Å²) in [7, 11) is 0. The second kappa shape index (κ2) is 7.20. The summed E-state index contributed by atoms with van der Waals surface area (Å²) in [5.41, 5.74) is 0.766. The van der Waals surface area contributed by atoms with Crippen molar-refractivity contribution in [3.63, 3.8) is 0 Å². The van der Waals surface area contributed by atoms with E-state index in [1.807, 2.05) is 24.3 Å². The van der Waals surface area contributed by atoms with E-state index in [0.717, 1.165) is 36.6 Å². The Labute approximate surface area is 145 Å². The van der Waals surface area contributed by atoms with Crippen LogP contribution in [0.1, 0.15) is 13.8 Å². The molecule has 4 nitrogen and oxygen atoms in total. The first-order valence-electron chi connectivity index (χ1n) is 8.29. The average Bonchev–Trinajstić information content (AvgIpc) is 2.61. The zero-order chi connectivity index (χ0) is 17.1. The number of anilines is 1. The Morgan fingerprint density at radius 1 is 1.12 bits per heavy atom. The summed E-state index contributed by atoms with van der Waals surface area (Å²) < 4.78 is 1.54. The normalized spacial score (nSPS) is 11.5. The first-order valence-corrected chi connectivity index (χ1v) is 9.11. The molecular weight excluding hydrogens is 320 g/mol. The van der Waals surface area contributed by atoms with E-state index in [4.69, 9.17) is 0 Å². The van der Waals surface area contributed by atoms with Gasteiger partial charge in [-0.05, 0) is 37.4 Å². The second-order valence-corrected chi connectivity index (χ2v) is 6.77. The number of fused-ring (bicyclic) bond motifs is 2. The maximum Gasteiger partial charge on any atom is 0.198 e. The number of aromatic hydroxyl groups is 1. The van der Waals surface area contributed by atoms with Gasteiger partial charge in [-0.1, -0.05) is 26.0 Å². The Bertz CT molecular complexity index is 916. The third-order valence-electron chi connectivity index (χ3n) is 4.35. The SMILES string of the molecule is CCN(CC)CCNc1ccc(O)c2sc3ccccc3c(=O)c12. The van der Waals surface area contributed by atoms with E-state index >= 15 is 0 Å². The fourth-order valence-electron chi connectivity index (χ4n) is 2.92. The minimum atomic E-state index is -0.0272. The summed E-state index contributed by atoms with van der Waals surface area (Å²) in [5, 5.41) is 14.9. The Kier molecular flexibility index (Phi) is 5.02. The van der Waals surface area contributed by atoms with Gasteiger partial charge in [0.25, 0.3) is 0 Å². The third-order valence-corrected chi connectivity index (χ3v) is 5.54. The van der Waals surface area contributed by atoms with E-state index in [0.29, 0.717) is 15.5 Å². The molecule has 3 rings (SSSR count). The van der Waals surface area contributed by atoms with Crippen molar-refractivity contribution in [1.82, 2.24) is 4.90 Å². The van der Waals surface area contributed by atoms with Crippen molar-refractivity contribution >= 4 is 37.2 Å². The predicted molar refractivity (Wildman–Crippen MR) is 104 cm³/mol. The fraction of sp³-hybridized carbons (Fsp3) is 0.316. The number of nitrogens with one attached hydrogen (secondary N) is 1. The fourth-order valence-corrected chi connectivity index (χ4v) is 4.04. The average molecular weight is 342 g/mol. The second-order valence-electron chi connectivity index (χ2n) is 5.72. The molecule has 5 heteroatoms. The molecule has 0 aliphatic carbocycles. The van der Waals surface area contributed by atoms with Crippen molar-refractivity contribution in [1.29, 1.82) is 0 Å². The van der Waals surface area contributed by atoms with Crippen LogP contribution in [0.2, 0.25) is 0 Å². The van der Waals surface area contributed by atoms with Crippen molar-refractivity contribution in [2.24, 2.45) is 0 Å². The van der Waals surface area contributed by atoms with E-state index in [2.05, 4.69) is 24.1 Å². The maximum atomic E-state index is 12.9. The van der Waals surface area contributed by atoms with E-state index < -0.39 is 0 Å². The van der Waals surface area contributed by atoms with Gasteiger partial charge in [0.15, 0.2) is 5.43 Å². The quantitative estimate of drug-likeness (QED) is 0.527. The molecule has 1 heterocycles. The molecule has 126 valence electrons. The van der Waals surface area contributed by atoms with Crippen LogP contribution in [-0.4, -0.2) is 36.2 Å². The summed E-state index contributed by atoms with van der Waals surface area (Å²) in [5.74, 6) is 0.159. The molecule has 0 aliphatic rings. The Morgan fingerprint density at radius 3 is 2.62 bits per heavy atom. The largest absolute Gasteiger partial charge is 0.506 e. The maximum absolute atomic E-state index is 12.9. The highest BCUT2D eigenvalue weighted by Crippen LogP contribution is 2.35.